The number of aromatic nitrogens is 1. The molecule has 21 heavy (non-hydrogen) atoms. The van der Waals surface area contributed by atoms with Crippen LogP contribution in [0.25, 0.3) is 10.9 Å². The van der Waals surface area contributed by atoms with E-state index in [9.17, 15) is 5.11 Å². The second kappa shape index (κ2) is 5.68. The zero-order valence-electron chi connectivity index (χ0n) is 10.8. The fourth-order valence-corrected chi connectivity index (χ4v) is 2.83. The Kier molecular flexibility index (Phi) is 3.89. The first-order valence-corrected chi connectivity index (χ1v) is 7.35. The summed E-state index contributed by atoms with van der Waals surface area (Å²) in [5, 5.41) is 15.0. The summed E-state index contributed by atoms with van der Waals surface area (Å²) >= 11 is 17.8. The van der Waals surface area contributed by atoms with Gasteiger partial charge in [0.25, 0.3) is 0 Å². The third-order valence-corrected chi connectivity index (χ3v) is 4.04. The van der Waals surface area contributed by atoms with Gasteiger partial charge in [-0.2, -0.15) is 0 Å². The molecule has 1 aromatic heterocycles. The molecule has 0 radical (unpaired) electrons. The highest BCUT2D eigenvalue weighted by molar-refractivity contribution is 6.37. The highest BCUT2D eigenvalue weighted by Crippen LogP contribution is 2.35. The molecule has 2 aromatic carbocycles. The number of hydrogen-bond donors (Lipinski definition) is 3. The van der Waals surface area contributed by atoms with Crippen molar-refractivity contribution in [3.8, 4) is 5.75 Å². The molecular formula is C15H11Cl3N2O. The maximum atomic E-state index is 9.54. The molecule has 1 heterocycles. The summed E-state index contributed by atoms with van der Waals surface area (Å²) in [6.07, 6.45) is 1.93. The number of aromatic hydroxyl groups is 1. The van der Waals surface area contributed by atoms with E-state index in [1.807, 2.05) is 24.4 Å². The van der Waals surface area contributed by atoms with E-state index in [-0.39, 0.29) is 15.8 Å². The number of aromatic amines is 1. The van der Waals surface area contributed by atoms with Crippen molar-refractivity contribution in [1.82, 2.24) is 4.98 Å². The van der Waals surface area contributed by atoms with Crippen molar-refractivity contribution >= 4 is 51.4 Å². The van der Waals surface area contributed by atoms with Crippen molar-refractivity contribution in [3.05, 3.63) is 57.2 Å². The zero-order chi connectivity index (χ0) is 15.0. The van der Waals surface area contributed by atoms with Gasteiger partial charge in [0.1, 0.15) is 0 Å². The van der Waals surface area contributed by atoms with Crippen LogP contribution in [0.3, 0.4) is 0 Å². The van der Waals surface area contributed by atoms with Crippen molar-refractivity contribution in [3.63, 3.8) is 0 Å². The van der Waals surface area contributed by atoms with Gasteiger partial charge in [0, 0.05) is 34.4 Å². The smallest absolute Gasteiger partial charge is 0.152 e. The Bertz CT molecular complexity index is 791. The highest BCUT2D eigenvalue weighted by Gasteiger charge is 2.08. The van der Waals surface area contributed by atoms with E-state index in [0.717, 1.165) is 22.2 Å². The lowest BCUT2D eigenvalue weighted by molar-refractivity contribution is 0.476. The van der Waals surface area contributed by atoms with Gasteiger partial charge in [-0.15, -0.1) is 0 Å². The van der Waals surface area contributed by atoms with E-state index in [4.69, 9.17) is 34.8 Å². The average Bonchev–Trinajstić information content (AvgIpc) is 2.84. The van der Waals surface area contributed by atoms with Crippen molar-refractivity contribution in [2.24, 2.45) is 0 Å². The summed E-state index contributed by atoms with van der Waals surface area (Å²) in [6, 6.07) is 8.98. The molecule has 0 atom stereocenters. The number of hydrogen-bond acceptors (Lipinski definition) is 2. The maximum Gasteiger partial charge on any atom is 0.152 e. The molecule has 3 aromatic rings. The first-order valence-electron chi connectivity index (χ1n) is 6.22. The molecule has 0 bridgehead atoms. The number of H-pyrrole nitrogens is 1. The molecule has 0 fully saturated rings. The number of anilines is 1. The van der Waals surface area contributed by atoms with Crippen LogP contribution in [0.5, 0.6) is 5.75 Å². The summed E-state index contributed by atoms with van der Waals surface area (Å²) in [6.45, 7) is 0.596. The predicted molar refractivity (Wildman–Crippen MR) is 88.8 cm³/mol. The van der Waals surface area contributed by atoms with E-state index in [1.54, 1.807) is 12.1 Å². The maximum absolute atomic E-state index is 9.54. The van der Waals surface area contributed by atoms with Crippen LogP contribution in [-0.4, -0.2) is 10.1 Å². The van der Waals surface area contributed by atoms with Gasteiger partial charge in [-0.3, -0.25) is 0 Å². The van der Waals surface area contributed by atoms with Crippen LogP contribution >= 0.6 is 34.8 Å². The first-order chi connectivity index (χ1) is 10.0. The van der Waals surface area contributed by atoms with Gasteiger partial charge < -0.3 is 15.4 Å². The third kappa shape index (κ3) is 2.91. The third-order valence-electron chi connectivity index (χ3n) is 3.23. The Balaban J connectivity index is 1.83. The molecule has 0 saturated heterocycles. The second-order valence-corrected chi connectivity index (χ2v) is 5.90. The summed E-state index contributed by atoms with van der Waals surface area (Å²) in [5.74, 6) is -0.106. The molecule has 0 spiro atoms. The summed E-state index contributed by atoms with van der Waals surface area (Å²) in [4.78, 5) is 3.18. The van der Waals surface area contributed by atoms with E-state index < -0.39 is 0 Å². The van der Waals surface area contributed by atoms with Gasteiger partial charge in [-0.25, -0.2) is 0 Å². The summed E-state index contributed by atoms with van der Waals surface area (Å²) < 4.78 is 0. The van der Waals surface area contributed by atoms with Crippen molar-refractivity contribution in [2.75, 3.05) is 5.32 Å². The molecule has 6 heteroatoms. The van der Waals surface area contributed by atoms with Crippen molar-refractivity contribution < 1.29 is 5.11 Å². The second-order valence-electron chi connectivity index (χ2n) is 4.65. The number of fused-ring (bicyclic) bond motifs is 1. The Hall–Kier alpha value is -1.55. The number of rotatable bonds is 3. The lowest BCUT2D eigenvalue weighted by atomic mass is 10.1. The van der Waals surface area contributed by atoms with E-state index in [2.05, 4.69) is 10.3 Å². The summed E-state index contributed by atoms with van der Waals surface area (Å²) in [5.41, 5.74) is 2.83. The Morgan fingerprint density at radius 2 is 1.76 bits per heavy atom. The standard InChI is InChI=1S/C15H11Cl3N2O/c16-9-1-2-11-8(7-20-14(11)3-9)6-19-10-4-12(17)15(21)13(18)5-10/h1-5,7,19-21H,6H2. The lowest BCUT2D eigenvalue weighted by Gasteiger charge is -2.08. The van der Waals surface area contributed by atoms with Gasteiger partial charge in [0.15, 0.2) is 5.75 Å². The van der Waals surface area contributed by atoms with Gasteiger partial charge >= 0.3 is 0 Å². The number of benzene rings is 2. The summed E-state index contributed by atoms with van der Waals surface area (Å²) in [7, 11) is 0. The van der Waals surface area contributed by atoms with Crippen molar-refractivity contribution in [2.45, 2.75) is 6.54 Å². The van der Waals surface area contributed by atoms with Gasteiger partial charge in [0.05, 0.1) is 10.0 Å². The van der Waals surface area contributed by atoms with Crippen LogP contribution in [0, 0.1) is 0 Å². The van der Waals surface area contributed by atoms with Gasteiger partial charge in [-0.05, 0) is 29.8 Å². The fraction of sp³-hybridized carbons (Fsp3) is 0.0667. The molecule has 0 unspecified atom stereocenters. The molecule has 0 aliphatic rings. The minimum absolute atomic E-state index is 0.106. The topological polar surface area (TPSA) is 48.0 Å². The molecule has 0 aliphatic carbocycles. The molecule has 0 amide bonds. The highest BCUT2D eigenvalue weighted by atomic mass is 35.5. The molecule has 0 aliphatic heterocycles. The first kappa shape index (κ1) is 14.4. The molecule has 108 valence electrons. The van der Waals surface area contributed by atoms with Crippen LogP contribution in [-0.2, 0) is 6.54 Å². The van der Waals surface area contributed by atoms with Crippen LogP contribution in [0.4, 0.5) is 5.69 Å². The molecule has 3 rings (SSSR count). The minimum atomic E-state index is -0.106. The Morgan fingerprint density at radius 3 is 2.48 bits per heavy atom. The number of halogens is 3. The number of nitrogens with one attached hydrogen (secondary N) is 2. The van der Waals surface area contributed by atoms with E-state index in [0.29, 0.717) is 11.6 Å². The number of phenolic OH excluding ortho intramolecular Hbond substituents is 1. The molecule has 0 saturated carbocycles. The van der Waals surface area contributed by atoms with Crippen LogP contribution in [0.15, 0.2) is 36.5 Å². The lowest BCUT2D eigenvalue weighted by Crippen LogP contribution is -1.98. The van der Waals surface area contributed by atoms with E-state index >= 15 is 0 Å². The molecule has 3 N–H and O–H groups in total. The van der Waals surface area contributed by atoms with Crippen LogP contribution in [0.1, 0.15) is 5.56 Å². The van der Waals surface area contributed by atoms with E-state index in [1.165, 1.54) is 0 Å². The Labute approximate surface area is 136 Å². The largest absolute Gasteiger partial charge is 0.505 e. The zero-order valence-corrected chi connectivity index (χ0v) is 13.0. The molecule has 3 nitrogen and oxygen atoms in total. The van der Waals surface area contributed by atoms with Crippen LogP contribution < -0.4 is 5.32 Å². The Morgan fingerprint density at radius 1 is 1.05 bits per heavy atom. The average molecular weight is 342 g/mol. The predicted octanol–water partition coefficient (Wildman–Crippen LogP) is 5.45. The minimum Gasteiger partial charge on any atom is -0.505 e. The number of phenols is 1. The fourth-order valence-electron chi connectivity index (χ4n) is 2.17. The van der Waals surface area contributed by atoms with Crippen LogP contribution in [0.2, 0.25) is 15.1 Å². The molecular weight excluding hydrogens is 331 g/mol. The van der Waals surface area contributed by atoms with Crippen molar-refractivity contribution in [1.29, 1.82) is 0 Å². The quantitative estimate of drug-likeness (QED) is 0.555. The van der Waals surface area contributed by atoms with Gasteiger partial charge in [0.2, 0.25) is 0 Å². The van der Waals surface area contributed by atoms with Gasteiger partial charge in [-0.1, -0.05) is 40.9 Å². The normalized spacial score (nSPS) is 11.0. The monoisotopic (exact) mass is 340 g/mol. The SMILES string of the molecule is Oc1c(Cl)cc(NCc2c[nH]c3cc(Cl)ccc23)cc1Cl.